The molecule has 4 rings (SSSR count). The molecule has 5 nitrogen and oxygen atoms in total. The van der Waals surface area contributed by atoms with Crippen LogP contribution in [0, 0.1) is 5.82 Å². The number of hydrogen-bond acceptors (Lipinski definition) is 3. The van der Waals surface area contributed by atoms with Gasteiger partial charge in [0.25, 0.3) is 0 Å². The maximum absolute atomic E-state index is 14.5. The Kier molecular flexibility index (Phi) is 6.10. The van der Waals surface area contributed by atoms with Crippen molar-refractivity contribution in [1.82, 2.24) is 15.1 Å². The van der Waals surface area contributed by atoms with E-state index in [1.807, 2.05) is 24.3 Å². The molecule has 0 saturated heterocycles. The fourth-order valence-corrected chi connectivity index (χ4v) is 3.98. The Morgan fingerprint density at radius 1 is 1.24 bits per heavy atom. The molecule has 1 aromatic heterocycles. The van der Waals surface area contributed by atoms with E-state index in [1.54, 1.807) is 29.8 Å². The van der Waals surface area contributed by atoms with Gasteiger partial charge in [-0.15, -0.1) is 0 Å². The van der Waals surface area contributed by atoms with Gasteiger partial charge in [0.2, 0.25) is 5.91 Å². The molecular formula is C26H29ClFN3O2. The first-order chi connectivity index (χ1) is 15.5. The zero-order valence-corrected chi connectivity index (χ0v) is 20.1. The lowest BCUT2D eigenvalue weighted by atomic mass is 9.92. The maximum Gasteiger partial charge on any atom is 0.227 e. The molecule has 2 N–H and O–H groups in total. The van der Waals surface area contributed by atoms with Crippen LogP contribution in [0.5, 0.6) is 0 Å². The first-order valence-corrected chi connectivity index (χ1v) is 11.5. The first-order valence-electron chi connectivity index (χ1n) is 11.1. The highest BCUT2D eigenvalue weighted by molar-refractivity contribution is 6.30. The third-order valence-electron chi connectivity index (χ3n) is 6.16. The molecule has 1 saturated carbocycles. The fourth-order valence-electron chi connectivity index (χ4n) is 3.79. The summed E-state index contributed by atoms with van der Waals surface area (Å²) in [7, 11) is 0. The van der Waals surface area contributed by atoms with Crippen molar-refractivity contribution in [2.75, 3.05) is 0 Å². The highest BCUT2D eigenvalue weighted by atomic mass is 35.5. The molecule has 174 valence electrons. The highest BCUT2D eigenvalue weighted by Crippen LogP contribution is 2.46. The normalized spacial score (nSPS) is 15.8. The van der Waals surface area contributed by atoms with Crippen LogP contribution in [0.15, 0.2) is 48.5 Å². The average Bonchev–Trinajstić information content (AvgIpc) is 3.33. The van der Waals surface area contributed by atoms with E-state index < -0.39 is 17.3 Å². The Hall–Kier alpha value is -2.70. The molecule has 0 aliphatic heterocycles. The molecule has 7 heteroatoms. The maximum atomic E-state index is 14.5. The summed E-state index contributed by atoms with van der Waals surface area (Å²) in [6.07, 6.45) is 1.13. The number of aromatic nitrogens is 2. The highest BCUT2D eigenvalue weighted by Gasteiger charge is 2.44. The fraction of sp³-hybridized carbons (Fsp3) is 0.385. The van der Waals surface area contributed by atoms with Crippen molar-refractivity contribution in [3.63, 3.8) is 0 Å². The Bertz CT molecular complexity index is 1190. The third kappa shape index (κ3) is 4.97. The Morgan fingerprint density at radius 2 is 1.97 bits per heavy atom. The number of carbonyl (C=O) groups excluding carboxylic acids is 1. The van der Waals surface area contributed by atoms with Gasteiger partial charge in [-0.05, 0) is 55.7 Å². The number of nitrogens with zero attached hydrogens (tertiary/aromatic N) is 2. The van der Waals surface area contributed by atoms with Crippen molar-refractivity contribution in [2.24, 2.45) is 0 Å². The van der Waals surface area contributed by atoms with E-state index in [-0.39, 0.29) is 17.9 Å². The van der Waals surface area contributed by atoms with Gasteiger partial charge in [0.15, 0.2) is 0 Å². The van der Waals surface area contributed by atoms with Gasteiger partial charge in [0.1, 0.15) is 5.82 Å². The molecule has 33 heavy (non-hydrogen) atoms. The predicted octanol–water partition coefficient (Wildman–Crippen LogP) is 5.36. The van der Waals surface area contributed by atoms with Gasteiger partial charge >= 0.3 is 0 Å². The number of rotatable bonds is 6. The number of benzene rings is 2. The minimum atomic E-state index is -1.04. The van der Waals surface area contributed by atoms with Crippen LogP contribution < -0.4 is 5.32 Å². The molecule has 1 atom stereocenters. The van der Waals surface area contributed by atoms with Crippen LogP contribution in [-0.2, 0) is 22.4 Å². The first kappa shape index (κ1) is 23.5. The lowest BCUT2D eigenvalue weighted by Crippen LogP contribution is -2.28. The van der Waals surface area contributed by atoms with Crippen LogP contribution in [0.2, 0.25) is 5.02 Å². The summed E-state index contributed by atoms with van der Waals surface area (Å²) in [6, 6.07) is 14.0. The Morgan fingerprint density at radius 3 is 2.58 bits per heavy atom. The summed E-state index contributed by atoms with van der Waals surface area (Å²) in [5.41, 5.74) is 2.19. The third-order valence-corrected chi connectivity index (χ3v) is 6.39. The predicted molar refractivity (Wildman–Crippen MR) is 127 cm³/mol. The second-order valence-corrected chi connectivity index (χ2v) is 10.3. The van der Waals surface area contributed by atoms with Crippen molar-refractivity contribution in [1.29, 1.82) is 0 Å². The number of halogens is 2. The molecular weight excluding hydrogens is 441 g/mol. The van der Waals surface area contributed by atoms with Gasteiger partial charge in [-0.1, -0.05) is 50.6 Å². The van der Waals surface area contributed by atoms with E-state index >= 15 is 0 Å². The number of carbonyl (C=O) groups is 1. The lowest BCUT2D eigenvalue weighted by molar-refractivity contribution is -0.122. The zero-order valence-electron chi connectivity index (χ0n) is 19.3. The van der Waals surface area contributed by atoms with Crippen LogP contribution in [-0.4, -0.2) is 20.8 Å². The topological polar surface area (TPSA) is 67.2 Å². The van der Waals surface area contributed by atoms with E-state index in [2.05, 4.69) is 26.1 Å². The van der Waals surface area contributed by atoms with Crippen LogP contribution in [0.4, 0.5) is 4.39 Å². The summed E-state index contributed by atoms with van der Waals surface area (Å²) in [5, 5.41) is 18.5. The summed E-state index contributed by atoms with van der Waals surface area (Å²) in [4.78, 5) is 12.9. The Labute approximate surface area is 198 Å². The Balaban J connectivity index is 1.53. The SMILES string of the molecule is CC(C(=O)NCc1cc(C(C)(C)C)nn1-c1cccc(Cl)c1)c1ccc(C2(O)CC2)c(F)c1. The van der Waals surface area contributed by atoms with E-state index in [4.69, 9.17) is 16.7 Å². The monoisotopic (exact) mass is 469 g/mol. The molecule has 0 radical (unpaired) electrons. The molecule has 1 aliphatic carbocycles. The van der Waals surface area contributed by atoms with Crippen molar-refractivity contribution < 1.29 is 14.3 Å². The minimum absolute atomic E-state index is 0.166. The summed E-state index contributed by atoms with van der Waals surface area (Å²) < 4.78 is 16.3. The van der Waals surface area contributed by atoms with E-state index in [0.717, 1.165) is 17.1 Å². The van der Waals surface area contributed by atoms with Gasteiger partial charge < -0.3 is 10.4 Å². The van der Waals surface area contributed by atoms with Crippen molar-refractivity contribution in [3.8, 4) is 5.69 Å². The van der Waals surface area contributed by atoms with E-state index in [1.165, 1.54) is 6.07 Å². The quantitative estimate of drug-likeness (QED) is 0.510. The summed E-state index contributed by atoms with van der Waals surface area (Å²) >= 11 is 6.18. The largest absolute Gasteiger partial charge is 0.385 e. The number of nitrogens with one attached hydrogen (secondary N) is 1. The molecule has 1 heterocycles. The van der Waals surface area contributed by atoms with Crippen LogP contribution >= 0.6 is 11.6 Å². The van der Waals surface area contributed by atoms with Crippen LogP contribution in [0.25, 0.3) is 5.69 Å². The molecule has 0 spiro atoms. The van der Waals surface area contributed by atoms with E-state index in [0.29, 0.717) is 29.0 Å². The molecule has 1 fully saturated rings. The van der Waals surface area contributed by atoms with Gasteiger partial charge in [-0.3, -0.25) is 4.79 Å². The van der Waals surface area contributed by atoms with Crippen LogP contribution in [0.3, 0.4) is 0 Å². The minimum Gasteiger partial charge on any atom is -0.385 e. The summed E-state index contributed by atoms with van der Waals surface area (Å²) in [5.74, 6) is -1.24. The molecule has 3 aromatic rings. The average molecular weight is 470 g/mol. The van der Waals surface area contributed by atoms with Gasteiger partial charge in [-0.2, -0.15) is 5.10 Å². The van der Waals surface area contributed by atoms with Crippen molar-refractivity contribution in [3.05, 3.63) is 81.9 Å². The molecule has 1 aliphatic rings. The smallest absolute Gasteiger partial charge is 0.227 e. The number of aliphatic hydroxyl groups is 1. The lowest BCUT2D eigenvalue weighted by Gasteiger charge is -2.16. The second kappa shape index (κ2) is 8.58. The molecule has 1 amide bonds. The van der Waals surface area contributed by atoms with Crippen molar-refractivity contribution >= 4 is 17.5 Å². The van der Waals surface area contributed by atoms with Crippen molar-refractivity contribution in [2.45, 2.75) is 64.0 Å². The van der Waals surface area contributed by atoms with Gasteiger partial charge in [-0.25, -0.2) is 9.07 Å². The zero-order chi connectivity index (χ0) is 24.0. The molecule has 1 unspecified atom stereocenters. The second-order valence-electron chi connectivity index (χ2n) is 9.87. The number of hydrogen-bond donors (Lipinski definition) is 2. The van der Waals surface area contributed by atoms with Crippen LogP contribution in [0.1, 0.15) is 69.0 Å². The standard InChI is InChI=1S/C26H29ClFN3O2/c1-16(17-8-9-21(22(28)12-17)26(33)10-11-26)24(32)29-15-20-14-23(25(2,3)4)30-31(20)19-7-5-6-18(27)13-19/h5-9,12-14,16,33H,10-11,15H2,1-4H3,(H,29,32). The van der Waals surface area contributed by atoms with Gasteiger partial charge in [0.05, 0.1) is 35.1 Å². The van der Waals surface area contributed by atoms with E-state index in [9.17, 15) is 14.3 Å². The molecule has 0 bridgehead atoms. The van der Waals surface area contributed by atoms with Gasteiger partial charge in [0, 0.05) is 16.0 Å². The molecule has 2 aromatic carbocycles. The number of amides is 1. The summed E-state index contributed by atoms with van der Waals surface area (Å²) in [6.45, 7) is 8.25.